The summed E-state index contributed by atoms with van der Waals surface area (Å²) < 4.78 is 4.49. The largest absolute Gasteiger partial charge is 0.448 e. The van der Waals surface area contributed by atoms with Crippen LogP contribution in [0.1, 0.15) is 22.3 Å². The van der Waals surface area contributed by atoms with E-state index in [9.17, 15) is 0 Å². The van der Waals surface area contributed by atoms with Crippen molar-refractivity contribution >= 4 is 11.7 Å². The van der Waals surface area contributed by atoms with Gasteiger partial charge in [0.25, 0.3) is 12.4 Å². The molecule has 0 saturated carbocycles. The molecule has 3 aromatic rings. The minimum atomic E-state index is 1.28. The van der Waals surface area contributed by atoms with Crippen LogP contribution in [0.4, 0.5) is 0 Å². The van der Waals surface area contributed by atoms with E-state index < -0.39 is 0 Å². The molecule has 3 heteroatoms. The standard InChI is InChI=1S/C18H20N2S/c1-13-7-5-8-14(2)17(13)19-11-12-20(21-19)18-15(3)9-6-10-16(18)4/h5-12H,1-4H3/q+2. The minimum Gasteiger partial charge on any atom is -0.0612 e. The van der Waals surface area contributed by atoms with E-state index in [0.29, 0.717) is 0 Å². The molecule has 1 heterocycles. The molecule has 0 bridgehead atoms. The van der Waals surface area contributed by atoms with Gasteiger partial charge in [-0.3, -0.25) is 0 Å². The second kappa shape index (κ2) is 5.41. The summed E-state index contributed by atoms with van der Waals surface area (Å²) in [4.78, 5) is 0. The maximum Gasteiger partial charge on any atom is 0.448 e. The van der Waals surface area contributed by atoms with Crippen LogP contribution in [0.15, 0.2) is 48.8 Å². The first-order valence-electron chi connectivity index (χ1n) is 7.15. The molecule has 0 saturated heterocycles. The van der Waals surface area contributed by atoms with Crippen LogP contribution in [-0.2, 0) is 0 Å². The van der Waals surface area contributed by atoms with Crippen LogP contribution < -0.4 is 7.91 Å². The van der Waals surface area contributed by atoms with E-state index in [2.05, 4.69) is 84.4 Å². The highest BCUT2D eigenvalue weighted by Gasteiger charge is 2.25. The highest BCUT2D eigenvalue weighted by molar-refractivity contribution is 6.90. The lowest BCUT2D eigenvalue weighted by atomic mass is 10.1. The molecular weight excluding hydrogens is 276 g/mol. The highest BCUT2D eigenvalue weighted by Crippen LogP contribution is 2.16. The third-order valence-electron chi connectivity index (χ3n) is 3.83. The molecule has 0 atom stereocenters. The Morgan fingerprint density at radius 1 is 0.619 bits per heavy atom. The summed E-state index contributed by atoms with van der Waals surface area (Å²) in [5.74, 6) is 0. The summed E-state index contributed by atoms with van der Waals surface area (Å²) in [5, 5.41) is 0. The van der Waals surface area contributed by atoms with Gasteiger partial charge in [-0.05, 0) is 35.6 Å². The quantitative estimate of drug-likeness (QED) is 0.639. The van der Waals surface area contributed by atoms with E-state index >= 15 is 0 Å². The summed E-state index contributed by atoms with van der Waals surface area (Å²) in [6.45, 7) is 8.66. The smallest absolute Gasteiger partial charge is 0.0612 e. The molecule has 1 aromatic heterocycles. The molecule has 2 nitrogen and oxygen atoms in total. The first-order chi connectivity index (χ1) is 10.1. The molecule has 106 valence electrons. The Morgan fingerprint density at radius 3 is 1.29 bits per heavy atom. The SMILES string of the molecule is Cc1cccc(C)c1-[n+]1cc[n+](-c2c(C)cccc2C)s1. The molecule has 0 aliphatic heterocycles. The van der Waals surface area contributed by atoms with E-state index in [-0.39, 0.29) is 0 Å². The maximum absolute atomic E-state index is 2.25. The average Bonchev–Trinajstić information content (AvgIpc) is 2.87. The lowest BCUT2D eigenvalue weighted by Gasteiger charge is -1.99. The molecular formula is C18H20N2S+2. The fraction of sp³-hybridized carbons (Fsp3) is 0.222. The summed E-state index contributed by atoms with van der Waals surface area (Å²) in [6, 6.07) is 12.9. The van der Waals surface area contributed by atoms with Gasteiger partial charge in [0, 0.05) is 22.3 Å². The maximum atomic E-state index is 2.25. The molecule has 0 unspecified atom stereocenters. The van der Waals surface area contributed by atoms with Crippen molar-refractivity contribution in [2.75, 3.05) is 0 Å². The summed E-state index contributed by atoms with van der Waals surface area (Å²) in [7, 11) is 0. The molecule has 0 aliphatic rings. The van der Waals surface area contributed by atoms with Gasteiger partial charge in [0.05, 0.1) is 0 Å². The van der Waals surface area contributed by atoms with Gasteiger partial charge >= 0.3 is 11.7 Å². The zero-order chi connectivity index (χ0) is 15.0. The average molecular weight is 296 g/mol. The van der Waals surface area contributed by atoms with Crippen molar-refractivity contribution in [1.29, 1.82) is 0 Å². The third-order valence-corrected chi connectivity index (χ3v) is 4.79. The highest BCUT2D eigenvalue weighted by atomic mass is 32.1. The van der Waals surface area contributed by atoms with Crippen LogP contribution in [0.2, 0.25) is 0 Å². The number of aryl methyl sites for hydroxylation is 4. The zero-order valence-electron chi connectivity index (χ0n) is 12.9. The van der Waals surface area contributed by atoms with E-state index in [4.69, 9.17) is 0 Å². The molecule has 0 N–H and O–H groups in total. The Hall–Kier alpha value is -2.00. The first-order valence-corrected chi connectivity index (χ1v) is 7.88. The summed E-state index contributed by atoms with van der Waals surface area (Å²) in [5.41, 5.74) is 7.77. The number of benzene rings is 2. The molecule has 3 rings (SSSR count). The zero-order valence-corrected chi connectivity index (χ0v) is 13.7. The Bertz CT molecular complexity index is 696. The van der Waals surface area contributed by atoms with E-state index in [1.165, 1.54) is 33.6 Å². The number of hydrogen-bond donors (Lipinski definition) is 0. The predicted molar refractivity (Wildman–Crippen MR) is 86.3 cm³/mol. The minimum absolute atomic E-state index is 1.28. The molecule has 0 fully saturated rings. The topological polar surface area (TPSA) is 7.76 Å². The van der Waals surface area contributed by atoms with Crippen molar-refractivity contribution in [2.24, 2.45) is 0 Å². The predicted octanol–water partition coefficient (Wildman–Crippen LogP) is 3.54. The van der Waals surface area contributed by atoms with Crippen LogP contribution in [0.25, 0.3) is 11.4 Å². The summed E-state index contributed by atoms with van der Waals surface area (Å²) in [6.07, 6.45) is 4.29. The van der Waals surface area contributed by atoms with Crippen LogP contribution in [0.5, 0.6) is 0 Å². The molecule has 0 radical (unpaired) electrons. The van der Waals surface area contributed by atoms with E-state index in [0.717, 1.165) is 0 Å². The lowest BCUT2D eigenvalue weighted by molar-refractivity contribution is -0.568. The van der Waals surface area contributed by atoms with Gasteiger partial charge in [-0.1, -0.05) is 36.4 Å². The van der Waals surface area contributed by atoms with Crippen molar-refractivity contribution in [3.05, 3.63) is 71.0 Å². The van der Waals surface area contributed by atoms with Crippen molar-refractivity contribution in [3.63, 3.8) is 0 Å². The van der Waals surface area contributed by atoms with Crippen molar-refractivity contribution < 1.29 is 7.91 Å². The Balaban J connectivity index is 2.13. The molecule has 0 aliphatic carbocycles. The second-order valence-corrected chi connectivity index (χ2v) is 6.46. The fourth-order valence-corrected chi connectivity index (χ4v) is 3.95. The van der Waals surface area contributed by atoms with E-state index in [1.54, 1.807) is 11.7 Å². The van der Waals surface area contributed by atoms with Crippen LogP contribution >= 0.6 is 11.7 Å². The number of aromatic nitrogens is 2. The van der Waals surface area contributed by atoms with Gasteiger partial charge < -0.3 is 0 Å². The molecule has 0 amide bonds. The number of para-hydroxylation sites is 2. The fourth-order valence-electron chi connectivity index (χ4n) is 2.81. The van der Waals surface area contributed by atoms with Gasteiger partial charge in [-0.2, -0.15) is 0 Å². The second-order valence-electron chi connectivity index (χ2n) is 5.51. The normalized spacial score (nSPS) is 10.9. The van der Waals surface area contributed by atoms with Gasteiger partial charge in [-0.25, -0.2) is 0 Å². The first kappa shape index (κ1) is 14.0. The molecule has 21 heavy (non-hydrogen) atoms. The van der Waals surface area contributed by atoms with Crippen molar-refractivity contribution in [3.8, 4) is 11.4 Å². The van der Waals surface area contributed by atoms with Gasteiger partial charge in [0.1, 0.15) is 0 Å². The lowest BCUT2D eigenvalue weighted by Crippen LogP contribution is -2.32. The van der Waals surface area contributed by atoms with Gasteiger partial charge in [0.15, 0.2) is 0 Å². The molecule has 0 spiro atoms. The Labute approximate surface area is 130 Å². The third kappa shape index (κ3) is 2.49. The Morgan fingerprint density at radius 2 is 0.952 bits per heavy atom. The number of rotatable bonds is 2. The van der Waals surface area contributed by atoms with Gasteiger partial charge in [0.2, 0.25) is 11.4 Å². The molecule has 2 aromatic carbocycles. The van der Waals surface area contributed by atoms with Crippen molar-refractivity contribution in [1.82, 2.24) is 0 Å². The van der Waals surface area contributed by atoms with Crippen LogP contribution in [0, 0.1) is 27.7 Å². The Kier molecular flexibility index (Phi) is 3.60. The number of hydrogen-bond acceptors (Lipinski definition) is 1. The van der Waals surface area contributed by atoms with Crippen molar-refractivity contribution in [2.45, 2.75) is 27.7 Å². The van der Waals surface area contributed by atoms with E-state index in [1.807, 2.05) is 0 Å². The summed E-state index contributed by atoms with van der Waals surface area (Å²) >= 11 is 1.73. The van der Waals surface area contributed by atoms with Crippen LogP contribution in [-0.4, -0.2) is 0 Å². The number of nitrogens with zero attached hydrogens (tertiary/aromatic N) is 2. The van der Waals surface area contributed by atoms with Crippen LogP contribution in [0.3, 0.4) is 0 Å². The monoisotopic (exact) mass is 296 g/mol. The van der Waals surface area contributed by atoms with Gasteiger partial charge in [-0.15, -0.1) is 0 Å².